The number of fused-ring (bicyclic) bond motifs is 2. The minimum absolute atomic E-state index is 1.14. The molecular weight excluding hydrogens is 252 g/mol. The summed E-state index contributed by atoms with van der Waals surface area (Å²) < 4.78 is 0. The average Bonchev–Trinajstić information content (AvgIpc) is 2.53. The molecule has 0 spiro atoms. The normalized spacial score (nSPS) is 11.0. The zero-order valence-corrected chi connectivity index (χ0v) is 12.5. The summed E-state index contributed by atoms with van der Waals surface area (Å²) in [5.41, 5.74) is 1.52. The Morgan fingerprint density at radius 1 is 0.762 bits per heavy atom. The molecule has 0 aromatic heterocycles. The Labute approximate surface area is 127 Å². The van der Waals surface area contributed by atoms with Gasteiger partial charge in [-0.15, -0.1) is 6.58 Å². The van der Waals surface area contributed by atoms with Gasteiger partial charge in [-0.1, -0.05) is 61.0 Å². The molecule has 3 aromatic rings. The second kappa shape index (κ2) is 6.58. The van der Waals surface area contributed by atoms with Crippen LogP contribution in [0.3, 0.4) is 0 Å². The first-order valence-electron chi connectivity index (χ1n) is 7.90. The third kappa shape index (κ3) is 3.00. The average molecular weight is 274 g/mol. The molecule has 106 valence electrons. The third-order valence-corrected chi connectivity index (χ3v) is 4.22. The molecule has 0 N–H and O–H groups in total. The molecular formula is C21H22. The van der Waals surface area contributed by atoms with Crippen molar-refractivity contribution in [2.75, 3.05) is 0 Å². The lowest BCUT2D eigenvalue weighted by atomic mass is 9.93. The molecule has 3 aromatic carbocycles. The fourth-order valence-corrected chi connectivity index (χ4v) is 3.14. The van der Waals surface area contributed by atoms with Crippen molar-refractivity contribution in [3.05, 3.63) is 72.8 Å². The number of aryl methyl sites for hydroxylation is 1. The molecule has 3 rings (SSSR count). The van der Waals surface area contributed by atoms with Gasteiger partial charge in [0.25, 0.3) is 0 Å². The van der Waals surface area contributed by atoms with E-state index in [1.54, 1.807) is 0 Å². The van der Waals surface area contributed by atoms with Crippen LogP contribution < -0.4 is 0 Å². The van der Waals surface area contributed by atoms with Gasteiger partial charge in [0.2, 0.25) is 0 Å². The molecule has 0 unspecified atom stereocenters. The van der Waals surface area contributed by atoms with Gasteiger partial charge >= 0.3 is 0 Å². The molecule has 0 saturated carbocycles. The molecule has 0 amide bonds. The van der Waals surface area contributed by atoms with Crippen molar-refractivity contribution >= 4 is 21.5 Å². The first kappa shape index (κ1) is 13.9. The molecule has 0 aliphatic carbocycles. The van der Waals surface area contributed by atoms with Crippen LogP contribution in [-0.4, -0.2) is 0 Å². The zero-order valence-electron chi connectivity index (χ0n) is 12.5. The molecule has 21 heavy (non-hydrogen) atoms. The van der Waals surface area contributed by atoms with Gasteiger partial charge in [-0.3, -0.25) is 0 Å². The summed E-state index contributed by atoms with van der Waals surface area (Å²) in [5, 5.41) is 5.55. The first-order chi connectivity index (χ1) is 10.4. The van der Waals surface area contributed by atoms with Crippen LogP contribution in [0.25, 0.3) is 21.5 Å². The summed E-state index contributed by atoms with van der Waals surface area (Å²) in [6, 6.07) is 19.9. The van der Waals surface area contributed by atoms with Gasteiger partial charge in [0, 0.05) is 0 Å². The van der Waals surface area contributed by atoms with Crippen molar-refractivity contribution in [2.45, 2.75) is 32.1 Å². The smallest absolute Gasteiger partial charge is 0.0146 e. The molecule has 0 heteroatoms. The molecule has 0 saturated heterocycles. The molecule has 0 aliphatic heterocycles. The Hall–Kier alpha value is -2.08. The summed E-state index contributed by atoms with van der Waals surface area (Å²) in [6.07, 6.45) is 8.12. The van der Waals surface area contributed by atoms with Gasteiger partial charge in [0.15, 0.2) is 0 Å². The van der Waals surface area contributed by atoms with E-state index in [-0.39, 0.29) is 0 Å². The van der Waals surface area contributed by atoms with E-state index in [0.717, 1.165) is 6.42 Å². The fourth-order valence-electron chi connectivity index (χ4n) is 3.14. The van der Waals surface area contributed by atoms with Gasteiger partial charge in [-0.05, 0) is 58.9 Å². The monoisotopic (exact) mass is 274 g/mol. The Morgan fingerprint density at radius 3 is 2.00 bits per heavy atom. The predicted molar refractivity (Wildman–Crippen MR) is 93.8 cm³/mol. The minimum Gasteiger partial charge on any atom is -0.103 e. The lowest BCUT2D eigenvalue weighted by Gasteiger charge is -2.11. The van der Waals surface area contributed by atoms with E-state index in [9.17, 15) is 0 Å². The molecule has 0 aliphatic rings. The first-order valence-corrected chi connectivity index (χ1v) is 7.90. The van der Waals surface area contributed by atoms with E-state index >= 15 is 0 Å². The standard InChI is InChI=1S/C21H22/c1-2-3-4-5-6-15-21-19-13-9-7-11-17(19)16-18-12-8-10-14-20(18)21/h2,7-14,16H,1,3-6,15H2. The van der Waals surface area contributed by atoms with E-state index < -0.39 is 0 Å². The SMILES string of the molecule is C=CCCCCCc1c2ccccc2cc2ccccc12. The Morgan fingerprint density at radius 2 is 1.38 bits per heavy atom. The lowest BCUT2D eigenvalue weighted by Crippen LogP contribution is -1.91. The summed E-state index contributed by atoms with van der Waals surface area (Å²) in [4.78, 5) is 0. The van der Waals surface area contributed by atoms with E-state index in [2.05, 4.69) is 61.2 Å². The molecule has 0 heterocycles. The van der Waals surface area contributed by atoms with Crippen LogP contribution in [0.4, 0.5) is 0 Å². The number of hydrogen-bond acceptors (Lipinski definition) is 0. The number of allylic oxidation sites excluding steroid dienone is 1. The van der Waals surface area contributed by atoms with Crippen molar-refractivity contribution in [3.63, 3.8) is 0 Å². The topological polar surface area (TPSA) is 0 Å². The Balaban J connectivity index is 1.97. The molecule has 0 fully saturated rings. The maximum absolute atomic E-state index is 3.80. The number of hydrogen-bond donors (Lipinski definition) is 0. The van der Waals surface area contributed by atoms with Gasteiger partial charge in [0.1, 0.15) is 0 Å². The maximum atomic E-state index is 3.80. The van der Waals surface area contributed by atoms with Crippen LogP contribution in [0.15, 0.2) is 67.3 Å². The van der Waals surface area contributed by atoms with E-state index in [1.807, 2.05) is 6.08 Å². The van der Waals surface area contributed by atoms with Crippen molar-refractivity contribution in [1.29, 1.82) is 0 Å². The molecule has 0 nitrogen and oxygen atoms in total. The predicted octanol–water partition coefficient (Wildman–Crippen LogP) is 6.28. The second-order valence-electron chi connectivity index (χ2n) is 5.69. The van der Waals surface area contributed by atoms with Crippen molar-refractivity contribution < 1.29 is 0 Å². The van der Waals surface area contributed by atoms with Crippen LogP contribution >= 0.6 is 0 Å². The van der Waals surface area contributed by atoms with E-state index in [1.165, 1.54) is 52.8 Å². The third-order valence-electron chi connectivity index (χ3n) is 4.22. The highest BCUT2D eigenvalue weighted by atomic mass is 14.1. The summed E-state index contributed by atoms with van der Waals surface area (Å²) in [5.74, 6) is 0. The van der Waals surface area contributed by atoms with Crippen molar-refractivity contribution in [2.24, 2.45) is 0 Å². The zero-order chi connectivity index (χ0) is 14.5. The number of benzene rings is 3. The van der Waals surface area contributed by atoms with Crippen LogP contribution in [-0.2, 0) is 6.42 Å². The fraction of sp³-hybridized carbons (Fsp3) is 0.238. The van der Waals surface area contributed by atoms with Crippen LogP contribution in [0, 0.1) is 0 Å². The van der Waals surface area contributed by atoms with Gasteiger partial charge in [-0.2, -0.15) is 0 Å². The van der Waals surface area contributed by atoms with Gasteiger partial charge in [0.05, 0.1) is 0 Å². The quantitative estimate of drug-likeness (QED) is 0.282. The molecule has 0 atom stereocenters. The summed E-state index contributed by atoms with van der Waals surface area (Å²) in [6.45, 7) is 3.80. The van der Waals surface area contributed by atoms with Crippen LogP contribution in [0.5, 0.6) is 0 Å². The summed E-state index contributed by atoms with van der Waals surface area (Å²) in [7, 11) is 0. The molecule has 0 bridgehead atoms. The Bertz CT molecular complexity index is 698. The van der Waals surface area contributed by atoms with Crippen LogP contribution in [0.1, 0.15) is 31.2 Å². The van der Waals surface area contributed by atoms with Crippen molar-refractivity contribution in [3.8, 4) is 0 Å². The number of rotatable bonds is 6. The van der Waals surface area contributed by atoms with Crippen LogP contribution in [0.2, 0.25) is 0 Å². The molecule has 0 radical (unpaired) electrons. The van der Waals surface area contributed by atoms with E-state index in [0.29, 0.717) is 0 Å². The second-order valence-corrected chi connectivity index (χ2v) is 5.69. The Kier molecular flexibility index (Phi) is 4.35. The largest absolute Gasteiger partial charge is 0.103 e. The highest BCUT2D eigenvalue weighted by molar-refractivity contribution is 6.02. The van der Waals surface area contributed by atoms with E-state index in [4.69, 9.17) is 0 Å². The van der Waals surface area contributed by atoms with Gasteiger partial charge < -0.3 is 0 Å². The highest BCUT2D eigenvalue weighted by Crippen LogP contribution is 2.29. The highest BCUT2D eigenvalue weighted by Gasteiger charge is 2.06. The van der Waals surface area contributed by atoms with Gasteiger partial charge in [-0.25, -0.2) is 0 Å². The summed E-state index contributed by atoms with van der Waals surface area (Å²) >= 11 is 0. The lowest BCUT2D eigenvalue weighted by molar-refractivity contribution is 0.690. The number of unbranched alkanes of at least 4 members (excludes halogenated alkanes) is 3. The van der Waals surface area contributed by atoms with Crippen molar-refractivity contribution in [1.82, 2.24) is 0 Å². The minimum atomic E-state index is 1.14. The maximum Gasteiger partial charge on any atom is -0.0146 e.